The first-order chi connectivity index (χ1) is 9.16. The summed E-state index contributed by atoms with van der Waals surface area (Å²) in [5.41, 5.74) is 1.58. The monoisotopic (exact) mass is 258 g/mol. The van der Waals surface area contributed by atoms with Gasteiger partial charge in [0.25, 0.3) is 0 Å². The van der Waals surface area contributed by atoms with Gasteiger partial charge in [0.1, 0.15) is 11.8 Å². The zero-order valence-electron chi connectivity index (χ0n) is 10.7. The first kappa shape index (κ1) is 11.9. The second-order valence-electron chi connectivity index (χ2n) is 4.63. The van der Waals surface area contributed by atoms with Crippen LogP contribution in [0.5, 0.6) is 0 Å². The van der Waals surface area contributed by atoms with E-state index in [2.05, 4.69) is 10.1 Å². The predicted molar refractivity (Wildman–Crippen MR) is 69.6 cm³/mol. The Kier molecular flexibility index (Phi) is 2.83. The first-order valence-electron chi connectivity index (χ1n) is 6.15. The van der Waals surface area contributed by atoms with Crippen molar-refractivity contribution in [1.29, 1.82) is 0 Å². The number of benzene rings is 1. The minimum atomic E-state index is -0.533. The van der Waals surface area contributed by atoms with Crippen LogP contribution in [0.15, 0.2) is 39.5 Å². The molecule has 98 valence electrons. The molecule has 0 radical (unpaired) electrons. The summed E-state index contributed by atoms with van der Waals surface area (Å²) in [5, 5.41) is 14.4. The zero-order chi connectivity index (χ0) is 13.4. The summed E-state index contributed by atoms with van der Waals surface area (Å²) in [6, 6.07) is 7.67. The maximum Gasteiger partial charge on any atom is 0.232 e. The molecule has 19 heavy (non-hydrogen) atoms. The lowest BCUT2D eigenvalue weighted by atomic mass is 10.1. The Morgan fingerprint density at radius 3 is 2.79 bits per heavy atom. The molecule has 5 nitrogen and oxygen atoms in total. The minimum absolute atomic E-state index is 0.195. The molecule has 0 saturated carbocycles. The van der Waals surface area contributed by atoms with E-state index >= 15 is 0 Å². The Morgan fingerprint density at radius 1 is 1.21 bits per heavy atom. The normalized spacial score (nSPS) is 14.7. The Balaban J connectivity index is 2.03. The van der Waals surface area contributed by atoms with Crippen LogP contribution in [0.2, 0.25) is 0 Å². The van der Waals surface area contributed by atoms with E-state index in [4.69, 9.17) is 8.94 Å². The number of aromatic nitrogens is 2. The van der Waals surface area contributed by atoms with Crippen LogP contribution in [0.1, 0.15) is 25.7 Å². The van der Waals surface area contributed by atoms with Crippen LogP contribution in [0.3, 0.4) is 0 Å². The van der Waals surface area contributed by atoms with Crippen molar-refractivity contribution in [2.75, 3.05) is 0 Å². The van der Waals surface area contributed by atoms with Gasteiger partial charge in [-0.1, -0.05) is 30.3 Å². The van der Waals surface area contributed by atoms with Crippen molar-refractivity contribution in [3.63, 3.8) is 0 Å². The number of hydrogen-bond donors (Lipinski definition) is 1. The molecule has 2 unspecified atom stereocenters. The Morgan fingerprint density at radius 2 is 2.00 bits per heavy atom. The van der Waals surface area contributed by atoms with Gasteiger partial charge in [0, 0.05) is 5.39 Å². The lowest BCUT2D eigenvalue weighted by molar-refractivity contribution is 0.151. The van der Waals surface area contributed by atoms with Gasteiger partial charge >= 0.3 is 0 Å². The molecule has 0 fully saturated rings. The highest BCUT2D eigenvalue weighted by Crippen LogP contribution is 2.29. The van der Waals surface area contributed by atoms with Gasteiger partial charge < -0.3 is 14.0 Å². The van der Waals surface area contributed by atoms with Crippen molar-refractivity contribution in [2.45, 2.75) is 25.9 Å². The van der Waals surface area contributed by atoms with E-state index in [1.807, 2.05) is 31.2 Å². The fourth-order valence-electron chi connectivity index (χ4n) is 1.89. The number of para-hydroxylation sites is 1. The molecular formula is C14H14N2O3. The molecule has 3 rings (SSSR count). The van der Waals surface area contributed by atoms with E-state index in [0.717, 1.165) is 16.5 Å². The maximum atomic E-state index is 9.54. The van der Waals surface area contributed by atoms with Gasteiger partial charge in [-0.05, 0) is 13.0 Å². The van der Waals surface area contributed by atoms with E-state index < -0.39 is 6.10 Å². The average Bonchev–Trinajstić information content (AvgIpc) is 3.03. The van der Waals surface area contributed by atoms with Gasteiger partial charge in [0.15, 0.2) is 0 Å². The molecule has 0 aliphatic carbocycles. The molecule has 1 N–H and O–H groups in total. The average molecular weight is 258 g/mol. The van der Waals surface area contributed by atoms with Gasteiger partial charge in [0.2, 0.25) is 11.7 Å². The van der Waals surface area contributed by atoms with Crippen molar-refractivity contribution < 1.29 is 14.0 Å². The second-order valence-corrected chi connectivity index (χ2v) is 4.63. The highest BCUT2D eigenvalue weighted by molar-refractivity contribution is 5.91. The number of aliphatic hydroxyl groups is 1. The minimum Gasteiger partial charge on any atom is -0.464 e. The summed E-state index contributed by atoms with van der Waals surface area (Å²) in [5.74, 6) is 0.710. The smallest absolute Gasteiger partial charge is 0.232 e. The lowest BCUT2D eigenvalue weighted by Gasteiger charge is -2.07. The van der Waals surface area contributed by atoms with Crippen LogP contribution >= 0.6 is 0 Å². The Hall–Kier alpha value is -2.14. The standard InChI is InChI=1S/C14H14N2O3/c1-8(9(2)17)14-15-13(16-19-14)11-7-18-12-6-4-3-5-10(11)12/h3-9,17H,1-2H3. The third-order valence-electron chi connectivity index (χ3n) is 3.28. The number of rotatable bonds is 3. The Labute approximate surface area is 109 Å². The SMILES string of the molecule is CC(O)C(C)c1nc(-c2coc3ccccc23)no1. The quantitative estimate of drug-likeness (QED) is 0.781. The molecule has 2 heterocycles. The molecule has 2 atom stereocenters. The fraction of sp³-hybridized carbons (Fsp3) is 0.286. The third-order valence-corrected chi connectivity index (χ3v) is 3.28. The van der Waals surface area contributed by atoms with Crippen LogP contribution in [0, 0.1) is 0 Å². The fourth-order valence-corrected chi connectivity index (χ4v) is 1.89. The number of nitrogens with zero attached hydrogens (tertiary/aromatic N) is 2. The Bertz CT molecular complexity index is 699. The molecular weight excluding hydrogens is 244 g/mol. The molecule has 2 aromatic heterocycles. The van der Waals surface area contributed by atoms with Crippen molar-refractivity contribution in [3.05, 3.63) is 36.4 Å². The van der Waals surface area contributed by atoms with E-state index in [-0.39, 0.29) is 5.92 Å². The van der Waals surface area contributed by atoms with Crippen LogP contribution < -0.4 is 0 Å². The molecule has 0 saturated heterocycles. The summed E-state index contributed by atoms with van der Waals surface area (Å²) in [6.07, 6.45) is 1.08. The predicted octanol–water partition coefficient (Wildman–Crippen LogP) is 2.97. The van der Waals surface area contributed by atoms with Crippen LogP contribution in [-0.4, -0.2) is 21.4 Å². The van der Waals surface area contributed by atoms with Gasteiger partial charge in [-0.25, -0.2) is 0 Å². The summed E-state index contributed by atoms with van der Waals surface area (Å²) < 4.78 is 10.6. The van der Waals surface area contributed by atoms with Crippen LogP contribution in [-0.2, 0) is 0 Å². The molecule has 5 heteroatoms. The highest BCUT2D eigenvalue weighted by atomic mass is 16.5. The van der Waals surface area contributed by atoms with Gasteiger partial charge in [-0.3, -0.25) is 0 Å². The number of hydrogen-bond acceptors (Lipinski definition) is 5. The molecule has 0 spiro atoms. The van der Waals surface area contributed by atoms with Crippen molar-refractivity contribution in [3.8, 4) is 11.4 Å². The van der Waals surface area contributed by atoms with Gasteiger partial charge in [-0.15, -0.1) is 0 Å². The highest BCUT2D eigenvalue weighted by Gasteiger charge is 2.20. The number of fused-ring (bicyclic) bond motifs is 1. The topological polar surface area (TPSA) is 72.3 Å². The molecule has 0 amide bonds. The molecule has 0 aliphatic heterocycles. The van der Waals surface area contributed by atoms with E-state index in [0.29, 0.717) is 11.7 Å². The molecule has 3 aromatic rings. The van der Waals surface area contributed by atoms with E-state index in [1.54, 1.807) is 13.2 Å². The van der Waals surface area contributed by atoms with Crippen molar-refractivity contribution in [2.24, 2.45) is 0 Å². The summed E-state index contributed by atoms with van der Waals surface area (Å²) in [7, 11) is 0. The maximum absolute atomic E-state index is 9.54. The third kappa shape index (κ3) is 2.02. The van der Waals surface area contributed by atoms with Crippen LogP contribution in [0.4, 0.5) is 0 Å². The van der Waals surface area contributed by atoms with Gasteiger partial charge in [-0.2, -0.15) is 4.98 Å². The van der Waals surface area contributed by atoms with Crippen molar-refractivity contribution in [1.82, 2.24) is 10.1 Å². The van der Waals surface area contributed by atoms with Crippen LogP contribution in [0.25, 0.3) is 22.4 Å². The summed E-state index contributed by atoms with van der Waals surface area (Å²) in [4.78, 5) is 4.33. The van der Waals surface area contributed by atoms with Crippen molar-refractivity contribution >= 4 is 11.0 Å². The zero-order valence-corrected chi connectivity index (χ0v) is 10.7. The van der Waals surface area contributed by atoms with E-state index in [9.17, 15) is 5.11 Å². The van der Waals surface area contributed by atoms with E-state index in [1.165, 1.54) is 0 Å². The molecule has 0 bridgehead atoms. The second kappa shape index (κ2) is 4.51. The number of furan rings is 1. The van der Waals surface area contributed by atoms with Gasteiger partial charge in [0.05, 0.1) is 17.6 Å². The summed E-state index contributed by atoms with van der Waals surface area (Å²) in [6.45, 7) is 3.54. The summed E-state index contributed by atoms with van der Waals surface area (Å²) >= 11 is 0. The molecule has 0 aliphatic rings. The lowest BCUT2D eigenvalue weighted by Crippen LogP contribution is -2.11. The largest absolute Gasteiger partial charge is 0.464 e. The number of aliphatic hydroxyl groups excluding tert-OH is 1. The molecule has 1 aromatic carbocycles. The first-order valence-corrected chi connectivity index (χ1v) is 6.15.